The molecule has 0 unspecified atom stereocenters. The standard InChI is InChI=1S/C9H18N2.ClH/c1-2-3-4-5-6-8-11-9-7-10;/h11H,2-6,8-9H2,1H3;1H. The van der Waals surface area contributed by atoms with Crippen LogP contribution in [0.2, 0.25) is 0 Å². The van der Waals surface area contributed by atoms with E-state index in [2.05, 4.69) is 18.3 Å². The highest BCUT2D eigenvalue weighted by Crippen LogP contribution is 2.00. The van der Waals surface area contributed by atoms with E-state index in [1.54, 1.807) is 0 Å². The number of nitrogens with zero attached hydrogens (tertiary/aromatic N) is 1. The first kappa shape index (κ1) is 14.3. The van der Waals surface area contributed by atoms with Crippen molar-refractivity contribution < 1.29 is 0 Å². The van der Waals surface area contributed by atoms with E-state index < -0.39 is 0 Å². The molecule has 0 fully saturated rings. The van der Waals surface area contributed by atoms with Crippen LogP contribution in [0.5, 0.6) is 0 Å². The SMILES string of the molecule is CCCCCCCNCC#N.Cl. The monoisotopic (exact) mass is 190 g/mol. The summed E-state index contributed by atoms with van der Waals surface area (Å²) in [6.07, 6.45) is 6.49. The van der Waals surface area contributed by atoms with Gasteiger partial charge < -0.3 is 5.32 Å². The molecule has 0 radical (unpaired) electrons. The molecule has 0 aliphatic heterocycles. The van der Waals surface area contributed by atoms with Gasteiger partial charge >= 0.3 is 0 Å². The van der Waals surface area contributed by atoms with Gasteiger partial charge in [0.25, 0.3) is 0 Å². The minimum absolute atomic E-state index is 0. The number of hydrogen-bond donors (Lipinski definition) is 1. The normalized spacial score (nSPS) is 8.67. The van der Waals surface area contributed by atoms with Crippen LogP contribution in [0.3, 0.4) is 0 Å². The molecule has 0 saturated carbocycles. The molecule has 0 bridgehead atoms. The van der Waals surface area contributed by atoms with Crippen molar-refractivity contribution in [3.8, 4) is 6.07 Å². The van der Waals surface area contributed by atoms with Crippen molar-refractivity contribution in [3.05, 3.63) is 0 Å². The van der Waals surface area contributed by atoms with Crippen molar-refractivity contribution in [1.82, 2.24) is 5.32 Å². The van der Waals surface area contributed by atoms with Crippen LogP contribution in [0.15, 0.2) is 0 Å². The van der Waals surface area contributed by atoms with Crippen LogP contribution < -0.4 is 5.32 Å². The number of hydrogen-bond acceptors (Lipinski definition) is 2. The van der Waals surface area contributed by atoms with E-state index in [9.17, 15) is 0 Å². The lowest BCUT2D eigenvalue weighted by Crippen LogP contribution is -2.14. The zero-order valence-electron chi connectivity index (χ0n) is 7.81. The predicted molar refractivity (Wildman–Crippen MR) is 54.5 cm³/mol. The Morgan fingerprint density at radius 2 is 1.83 bits per heavy atom. The molecule has 0 aliphatic rings. The third-order valence-corrected chi connectivity index (χ3v) is 1.66. The summed E-state index contributed by atoms with van der Waals surface area (Å²) >= 11 is 0. The molecule has 1 N–H and O–H groups in total. The van der Waals surface area contributed by atoms with Crippen LogP contribution in [-0.2, 0) is 0 Å². The highest BCUT2D eigenvalue weighted by Gasteiger charge is 1.87. The maximum Gasteiger partial charge on any atom is 0.0840 e. The molecule has 0 heterocycles. The predicted octanol–water partition coefficient (Wildman–Crippen LogP) is 2.49. The van der Waals surface area contributed by atoms with Gasteiger partial charge in [-0.2, -0.15) is 5.26 Å². The molecule has 0 amide bonds. The van der Waals surface area contributed by atoms with Crippen molar-refractivity contribution in [2.45, 2.75) is 39.0 Å². The molecular formula is C9H19ClN2. The van der Waals surface area contributed by atoms with Gasteiger partial charge in [0.05, 0.1) is 12.6 Å². The van der Waals surface area contributed by atoms with E-state index in [1.165, 1.54) is 32.1 Å². The summed E-state index contributed by atoms with van der Waals surface area (Å²) in [5, 5.41) is 11.2. The Morgan fingerprint density at radius 1 is 1.17 bits per heavy atom. The van der Waals surface area contributed by atoms with Crippen LogP contribution in [0.4, 0.5) is 0 Å². The van der Waals surface area contributed by atoms with Crippen molar-refractivity contribution in [1.29, 1.82) is 5.26 Å². The summed E-state index contributed by atoms with van der Waals surface area (Å²) in [6.45, 7) is 3.71. The number of nitriles is 1. The highest BCUT2D eigenvalue weighted by atomic mass is 35.5. The summed E-state index contributed by atoms with van der Waals surface area (Å²) in [6, 6.07) is 2.06. The van der Waals surface area contributed by atoms with E-state index in [0.29, 0.717) is 6.54 Å². The minimum atomic E-state index is 0. The molecule has 0 aliphatic carbocycles. The molecule has 3 heteroatoms. The van der Waals surface area contributed by atoms with Gasteiger partial charge in [0, 0.05) is 0 Å². The fourth-order valence-electron chi connectivity index (χ4n) is 0.998. The maximum atomic E-state index is 8.19. The Balaban J connectivity index is 0. The lowest BCUT2D eigenvalue weighted by molar-refractivity contribution is 0.602. The van der Waals surface area contributed by atoms with Crippen molar-refractivity contribution in [2.24, 2.45) is 0 Å². The number of nitrogens with one attached hydrogen (secondary N) is 1. The summed E-state index contributed by atoms with van der Waals surface area (Å²) in [7, 11) is 0. The average Bonchev–Trinajstić information content (AvgIpc) is 2.03. The first-order valence-corrected chi connectivity index (χ1v) is 4.49. The summed E-state index contributed by atoms with van der Waals surface area (Å²) in [5.41, 5.74) is 0. The second kappa shape index (κ2) is 13.3. The lowest BCUT2D eigenvalue weighted by atomic mass is 10.1. The average molecular weight is 191 g/mol. The third kappa shape index (κ3) is 12.4. The largest absolute Gasteiger partial charge is 0.304 e. The van der Waals surface area contributed by atoms with Gasteiger partial charge in [0.15, 0.2) is 0 Å². The van der Waals surface area contributed by atoms with E-state index in [0.717, 1.165) is 6.54 Å². The van der Waals surface area contributed by atoms with Gasteiger partial charge in [0.2, 0.25) is 0 Å². The minimum Gasteiger partial charge on any atom is -0.304 e. The molecule has 0 aromatic carbocycles. The van der Waals surface area contributed by atoms with Crippen molar-refractivity contribution in [3.63, 3.8) is 0 Å². The topological polar surface area (TPSA) is 35.8 Å². The summed E-state index contributed by atoms with van der Waals surface area (Å²) < 4.78 is 0. The maximum absolute atomic E-state index is 8.19. The quantitative estimate of drug-likeness (QED) is 0.495. The fraction of sp³-hybridized carbons (Fsp3) is 0.889. The Hall–Kier alpha value is -0.260. The Morgan fingerprint density at radius 3 is 2.42 bits per heavy atom. The van der Waals surface area contributed by atoms with Crippen LogP contribution in [0.1, 0.15) is 39.0 Å². The van der Waals surface area contributed by atoms with Crippen LogP contribution in [0.25, 0.3) is 0 Å². The van der Waals surface area contributed by atoms with Gasteiger partial charge in [0.1, 0.15) is 0 Å². The molecule has 0 atom stereocenters. The molecule has 12 heavy (non-hydrogen) atoms. The van der Waals surface area contributed by atoms with Crippen LogP contribution in [-0.4, -0.2) is 13.1 Å². The zero-order chi connectivity index (χ0) is 8.36. The zero-order valence-corrected chi connectivity index (χ0v) is 8.62. The number of unbranched alkanes of at least 4 members (excludes halogenated alkanes) is 4. The molecular weight excluding hydrogens is 172 g/mol. The first-order chi connectivity index (χ1) is 5.41. The molecule has 0 aromatic heterocycles. The van der Waals surface area contributed by atoms with Crippen molar-refractivity contribution >= 4 is 12.4 Å². The number of rotatable bonds is 7. The molecule has 0 rings (SSSR count). The first-order valence-electron chi connectivity index (χ1n) is 4.49. The molecule has 0 saturated heterocycles. The smallest absolute Gasteiger partial charge is 0.0840 e. The second-order valence-corrected chi connectivity index (χ2v) is 2.75. The third-order valence-electron chi connectivity index (χ3n) is 1.66. The molecule has 0 spiro atoms. The van der Waals surface area contributed by atoms with E-state index >= 15 is 0 Å². The van der Waals surface area contributed by atoms with E-state index in [1.807, 2.05) is 0 Å². The Kier molecular flexibility index (Phi) is 15.9. The molecule has 2 nitrogen and oxygen atoms in total. The van der Waals surface area contributed by atoms with Gasteiger partial charge in [-0.25, -0.2) is 0 Å². The summed E-state index contributed by atoms with van der Waals surface area (Å²) in [5.74, 6) is 0. The summed E-state index contributed by atoms with van der Waals surface area (Å²) in [4.78, 5) is 0. The lowest BCUT2D eigenvalue weighted by Gasteiger charge is -1.99. The molecule has 0 aromatic rings. The van der Waals surface area contributed by atoms with Gasteiger partial charge in [-0.1, -0.05) is 32.6 Å². The van der Waals surface area contributed by atoms with Gasteiger partial charge in [-0.05, 0) is 13.0 Å². The van der Waals surface area contributed by atoms with Crippen LogP contribution in [0, 0.1) is 11.3 Å². The van der Waals surface area contributed by atoms with Gasteiger partial charge in [-0.15, -0.1) is 12.4 Å². The highest BCUT2D eigenvalue weighted by molar-refractivity contribution is 5.85. The molecule has 72 valence electrons. The fourth-order valence-corrected chi connectivity index (χ4v) is 0.998. The van der Waals surface area contributed by atoms with E-state index in [4.69, 9.17) is 5.26 Å². The van der Waals surface area contributed by atoms with E-state index in [-0.39, 0.29) is 12.4 Å². The Bertz CT molecular complexity index is 110. The van der Waals surface area contributed by atoms with Crippen molar-refractivity contribution in [2.75, 3.05) is 13.1 Å². The number of halogens is 1. The second-order valence-electron chi connectivity index (χ2n) is 2.75. The van der Waals surface area contributed by atoms with Gasteiger partial charge in [-0.3, -0.25) is 0 Å². The Labute approximate surface area is 81.8 Å². The van der Waals surface area contributed by atoms with Crippen LogP contribution >= 0.6 is 12.4 Å².